The monoisotopic (exact) mass is 843 g/mol. The Morgan fingerprint density at radius 2 is 1.74 bits per heavy atom. The predicted octanol–water partition coefficient (Wildman–Crippen LogP) is -6.85. The van der Waals surface area contributed by atoms with Gasteiger partial charge in [-0.2, -0.15) is 0 Å². The van der Waals surface area contributed by atoms with E-state index in [2.05, 4.69) is 43.5 Å². The molecule has 0 aliphatic carbocycles. The molecule has 9 unspecified atom stereocenters. The Bertz CT molecular complexity index is 1770. The molecule has 30 heteroatoms. The van der Waals surface area contributed by atoms with Crippen LogP contribution < -0.4 is 49.9 Å². The van der Waals surface area contributed by atoms with Crippen molar-refractivity contribution >= 4 is 69.1 Å². The second kappa shape index (κ2) is 20.0. The van der Waals surface area contributed by atoms with Crippen molar-refractivity contribution in [3.63, 3.8) is 0 Å². The van der Waals surface area contributed by atoms with Gasteiger partial charge in [0.1, 0.15) is 42.4 Å². The summed E-state index contributed by atoms with van der Waals surface area (Å²) in [5.74, 6) is -1.42. The molecule has 8 N–H and O–H groups in total. The van der Waals surface area contributed by atoms with Gasteiger partial charge in [-0.25, -0.2) is 19.3 Å². The number of imidazole rings is 1. The maximum Gasteiger partial charge on any atom is 1.00 e. The Labute approximate surface area is 322 Å². The number of anilines is 1. The van der Waals surface area contributed by atoms with Gasteiger partial charge < -0.3 is 69.6 Å². The van der Waals surface area contributed by atoms with Crippen LogP contribution in [0, 0.1) is 5.41 Å². The number of phosphoric ester groups is 3. The Morgan fingerprint density at radius 1 is 1.09 bits per heavy atom. The van der Waals surface area contributed by atoms with E-state index in [1.54, 1.807) is 0 Å². The topological polar surface area (TPSA) is 392 Å². The molecule has 0 bridgehead atoms. The van der Waals surface area contributed by atoms with Crippen molar-refractivity contribution in [3.8, 4) is 0 Å². The molecule has 0 spiro atoms. The van der Waals surface area contributed by atoms with Gasteiger partial charge in [0.15, 0.2) is 17.7 Å². The molecule has 0 radical (unpaired) electrons. The number of nitrogens with zero attached hydrogens (tertiary/aromatic N) is 4. The summed E-state index contributed by atoms with van der Waals surface area (Å²) in [5, 5.41) is 34.7. The Kier molecular flexibility index (Phi) is 17.9. The third-order valence-electron chi connectivity index (χ3n) is 7.07. The van der Waals surface area contributed by atoms with E-state index >= 15 is 0 Å². The molecule has 2 aromatic heterocycles. The van der Waals surface area contributed by atoms with Crippen molar-refractivity contribution < 1.29 is 104 Å². The standard InChI is InChI=1S/C24H40N7O18P3S.Li/c1-12(32)23(37)53-7-6-26-14(33)4-5-27-21(36)18(35)24(2,3)9-46-52(43,44)49-51(41,42)45-8-13-17(48-50(38,39)40)16(34)22(47-13)31-11-30-15-19(25)28-10-29-20(15)31;/h10-13,16-18,22,32,34-35H,4-9H2,1-3H3,(H,26,33)(H,27,36)(H,41,42)(H,43,44)(H2,25,28,29)(H2,38,39,40);/q;+1/p-3. The third-order valence-corrected chi connectivity index (χ3v) is 11.1. The van der Waals surface area contributed by atoms with E-state index in [1.807, 2.05) is 0 Å². The number of nitrogens with two attached hydrogens (primary N) is 1. The minimum absolute atomic E-state index is 0. The van der Waals surface area contributed by atoms with Gasteiger partial charge in [-0.05, 0) is 6.92 Å². The fourth-order valence-corrected chi connectivity index (χ4v) is 7.78. The van der Waals surface area contributed by atoms with Gasteiger partial charge >= 0.3 is 18.9 Å². The number of ether oxygens (including phenoxy) is 1. The summed E-state index contributed by atoms with van der Waals surface area (Å²) in [6, 6.07) is 0. The maximum absolute atomic E-state index is 12.5. The molecule has 2 amide bonds. The van der Waals surface area contributed by atoms with Crippen molar-refractivity contribution in [2.45, 2.75) is 63.9 Å². The molecule has 3 rings (SSSR count). The fourth-order valence-electron chi connectivity index (χ4n) is 4.38. The van der Waals surface area contributed by atoms with E-state index in [4.69, 9.17) is 15.6 Å². The molecule has 3 heterocycles. The van der Waals surface area contributed by atoms with Crippen LogP contribution in [0.15, 0.2) is 12.7 Å². The number of phosphoric acid groups is 3. The number of aliphatic hydroxyl groups excluding tert-OH is 3. The third kappa shape index (κ3) is 14.2. The zero-order valence-corrected chi connectivity index (χ0v) is 32.5. The number of amides is 2. The van der Waals surface area contributed by atoms with Crippen molar-refractivity contribution in [1.29, 1.82) is 0 Å². The number of carbonyl (C=O) groups is 3. The summed E-state index contributed by atoms with van der Waals surface area (Å²) < 4.78 is 60.6. The van der Waals surface area contributed by atoms with E-state index in [1.165, 1.54) is 20.8 Å². The number of carbonyl (C=O) groups excluding carboxylic acids is 3. The van der Waals surface area contributed by atoms with E-state index in [9.17, 15) is 57.9 Å². The average Bonchev–Trinajstić information content (AvgIpc) is 3.60. The van der Waals surface area contributed by atoms with E-state index in [0.717, 1.165) is 29.0 Å². The summed E-state index contributed by atoms with van der Waals surface area (Å²) in [4.78, 5) is 93.0. The number of aromatic nitrogens is 4. The maximum atomic E-state index is 12.5. The molecule has 0 aromatic carbocycles. The van der Waals surface area contributed by atoms with Crippen LogP contribution in [0.2, 0.25) is 0 Å². The molecule has 1 aliphatic rings. The quantitative estimate of drug-likeness (QED) is 0.0370. The van der Waals surface area contributed by atoms with Gasteiger partial charge in [0.25, 0.3) is 23.5 Å². The summed E-state index contributed by atoms with van der Waals surface area (Å²) in [7, 11) is -17.3. The van der Waals surface area contributed by atoms with E-state index < -0.39 is 95.8 Å². The smallest absolute Gasteiger partial charge is 0.756 e. The van der Waals surface area contributed by atoms with E-state index in [-0.39, 0.29) is 61.1 Å². The molecule has 9 atom stereocenters. The van der Waals surface area contributed by atoms with Gasteiger partial charge in [-0.3, -0.25) is 32.6 Å². The van der Waals surface area contributed by atoms with Crippen molar-refractivity contribution in [3.05, 3.63) is 12.7 Å². The molecule has 0 saturated carbocycles. The minimum Gasteiger partial charge on any atom is -0.756 e. The molecule has 25 nitrogen and oxygen atoms in total. The Balaban J connectivity index is 0.0000101. The van der Waals surface area contributed by atoms with Crippen molar-refractivity contribution in [2.24, 2.45) is 5.41 Å². The van der Waals surface area contributed by atoms with Gasteiger partial charge in [0, 0.05) is 30.7 Å². The number of rotatable bonds is 20. The summed E-state index contributed by atoms with van der Waals surface area (Å²) in [6.45, 7) is 1.26. The number of aliphatic hydroxyl groups is 3. The minimum atomic E-state index is -5.90. The second-order valence-corrected chi connectivity index (χ2v) is 17.1. The van der Waals surface area contributed by atoms with E-state index in [0.29, 0.717) is 0 Å². The first-order chi connectivity index (χ1) is 24.4. The Hall–Kier alpha value is -1.88. The van der Waals surface area contributed by atoms with Crippen LogP contribution in [0.5, 0.6) is 0 Å². The second-order valence-electron chi connectivity index (χ2n) is 11.8. The first-order valence-corrected chi connectivity index (χ1v) is 20.5. The van der Waals surface area contributed by atoms with Crippen LogP contribution in [0.1, 0.15) is 33.4 Å². The largest absolute Gasteiger partial charge is 1.00 e. The first kappa shape index (κ1) is 48.3. The molecule has 1 saturated heterocycles. The van der Waals surface area contributed by atoms with Crippen LogP contribution in [0.25, 0.3) is 11.2 Å². The molecule has 54 heavy (non-hydrogen) atoms. The summed E-state index contributed by atoms with van der Waals surface area (Å²) in [5.41, 5.74) is 4.07. The zero-order chi connectivity index (χ0) is 39.9. The van der Waals surface area contributed by atoms with Gasteiger partial charge in [-0.1, -0.05) is 25.6 Å². The number of thioether (sulfide) groups is 1. The average molecular weight is 844 g/mol. The Morgan fingerprint density at radius 3 is 2.37 bits per heavy atom. The summed E-state index contributed by atoms with van der Waals surface area (Å²) in [6.07, 6.45) is -8.62. The van der Waals surface area contributed by atoms with Crippen molar-refractivity contribution in [2.75, 3.05) is 37.8 Å². The number of nitrogens with one attached hydrogen (secondary N) is 2. The van der Waals surface area contributed by atoms with Crippen LogP contribution >= 0.6 is 35.2 Å². The number of hydrogen-bond donors (Lipinski definition) is 7. The van der Waals surface area contributed by atoms with Crippen molar-refractivity contribution in [1.82, 2.24) is 30.2 Å². The van der Waals surface area contributed by atoms with Gasteiger partial charge in [0.05, 0.1) is 19.5 Å². The summed E-state index contributed by atoms with van der Waals surface area (Å²) >= 11 is 0.819. The molecule has 300 valence electrons. The molecular formula is C24H37LiN7O18P3S-2. The normalized spacial score (nSPS) is 23.3. The predicted molar refractivity (Wildman–Crippen MR) is 172 cm³/mol. The van der Waals surface area contributed by atoms with Crippen LogP contribution in [0.3, 0.4) is 0 Å². The van der Waals surface area contributed by atoms with Crippen LogP contribution in [-0.2, 0) is 50.7 Å². The number of hydrogen-bond acceptors (Lipinski definition) is 22. The molecule has 1 fully saturated rings. The first-order valence-electron chi connectivity index (χ1n) is 15.1. The SMILES string of the molecule is CC(O)C(=O)SCCNC(=O)CCNC(=O)C(O)C(C)(C)COP(=O)([O-])OP(=O)([O-])OCC1OC(n2cnc3c(N)ncnc32)C(O)C1OP(=O)([O-])O.[Li+]. The van der Waals surface area contributed by atoms with Gasteiger partial charge in [-0.15, -0.1) is 0 Å². The molecule has 1 aliphatic heterocycles. The van der Waals surface area contributed by atoms with Crippen LogP contribution in [-0.4, -0.2) is 119 Å². The zero-order valence-electron chi connectivity index (χ0n) is 29.0. The number of nitrogen functional groups attached to an aromatic ring is 1. The fraction of sp³-hybridized carbons (Fsp3) is 0.667. The van der Waals surface area contributed by atoms with Gasteiger partial charge in [0.2, 0.25) is 16.9 Å². The number of fused-ring (bicyclic) bond motifs is 1. The molecule has 2 aromatic rings. The van der Waals surface area contributed by atoms with Crippen LogP contribution in [0.4, 0.5) is 5.82 Å². The molecular weight excluding hydrogens is 806 g/mol.